The van der Waals surface area contributed by atoms with Gasteiger partial charge in [0.05, 0.1) is 25.0 Å². The van der Waals surface area contributed by atoms with Gasteiger partial charge in [-0.2, -0.15) is 0 Å². The van der Waals surface area contributed by atoms with E-state index in [0.717, 1.165) is 11.3 Å². The van der Waals surface area contributed by atoms with E-state index in [2.05, 4.69) is 4.98 Å². The van der Waals surface area contributed by atoms with Crippen LogP contribution in [-0.4, -0.2) is 29.3 Å². The highest BCUT2D eigenvalue weighted by atomic mass is 19.1. The van der Waals surface area contributed by atoms with Crippen LogP contribution in [0.1, 0.15) is 16.8 Å². The van der Waals surface area contributed by atoms with Gasteiger partial charge in [0, 0.05) is 30.5 Å². The van der Waals surface area contributed by atoms with E-state index >= 15 is 0 Å². The molecule has 5 heteroatoms. The number of benzene rings is 1. The Labute approximate surface area is 129 Å². The summed E-state index contributed by atoms with van der Waals surface area (Å²) < 4.78 is 20.0. The molecule has 0 unspecified atom stereocenters. The fraction of sp³-hybridized carbons (Fsp3) is 0.353. The highest BCUT2D eigenvalue weighted by Gasteiger charge is 2.29. The van der Waals surface area contributed by atoms with Crippen molar-refractivity contribution >= 4 is 5.69 Å². The van der Waals surface area contributed by atoms with Crippen molar-refractivity contribution in [2.75, 3.05) is 18.0 Å². The zero-order chi connectivity index (χ0) is 15.5. The number of halogens is 1. The number of hydrogen-bond donors (Lipinski definition) is 1. The SMILES string of the molecule is Cc1ncccc1COC1CN(c2cccc(CO)c2F)C1. The number of aromatic nitrogens is 1. The molecule has 2 aromatic rings. The second-order valence-corrected chi connectivity index (χ2v) is 5.49. The van der Waals surface area contributed by atoms with Crippen molar-refractivity contribution < 1.29 is 14.2 Å². The molecule has 1 aromatic heterocycles. The number of aryl methyl sites for hydroxylation is 1. The van der Waals surface area contributed by atoms with Crippen LogP contribution in [0, 0.1) is 12.7 Å². The third kappa shape index (κ3) is 2.96. The summed E-state index contributed by atoms with van der Waals surface area (Å²) in [5, 5.41) is 9.11. The minimum atomic E-state index is -0.341. The fourth-order valence-electron chi connectivity index (χ4n) is 2.55. The van der Waals surface area contributed by atoms with Crippen LogP contribution in [0.25, 0.3) is 0 Å². The van der Waals surface area contributed by atoms with E-state index in [1.165, 1.54) is 0 Å². The van der Waals surface area contributed by atoms with Gasteiger partial charge in [-0.05, 0) is 24.6 Å². The lowest BCUT2D eigenvalue weighted by Gasteiger charge is -2.41. The van der Waals surface area contributed by atoms with Gasteiger partial charge >= 0.3 is 0 Å². The molecule has 0 aliphatic carbocycles. The number of hydrogen-bond acceptors (Lipinski definition) is 4. The van der Waals surface area contributed by atoms with Crippen LogP contribution in [0.3, 0.4) is 0 Å². The van der Waals surface area contributed by atoms with Gasteiger partial charge in [-0.25, -0.2) is 4.39 Å². The van der Waals surface area contributed by atoms with Gasteiger partial charge < -0.3 is 14.7 Å². The van der Waals surface area contributed by atoms with Crippen LogP contribution >= 0.6 is 0 Å². The molecule has 1 fully saturated rings. The molecule has 1 aliphatic rings. The zero-order valence-electron chi connectivity index (χ0n) is 12.5. The molecule has 0 amide bonds. The minimum Gasteiger partial charge on any atom is -0.392 e. The van der Waals surface area contributed by atoms with E-state index in [1.54, 1.807) is 24.4 Å². The van der Waals surface area contributed by atoms with Gasteiger partial charge in [-0.1, -0.05) is 18.2 Å². The van der Waals surface area contributed by atoms with E-state index in [0.29, 0.717) is 30.9 Å². The quantitative estimate of drug-likeness (QED) is 0.921. The summed E-state index contributed by atoms with van der Waals surface area (Å²) in [7, 11) is 0. The van der Waals surface area contributed by atoms with Crippen LogP contribution in [0.4, 0.5) is 10.1 Å². The molecule has 1 aliphatic heterocycles. The summed E-state index contributed by atoms with van der Waals surface area (Å²) in [5.74, 6) is -0.341. The monoisotopic (exact) mass is 302 g/mol. The van der Waals surface area contributed by atoms with E-state index < -0.39 is 0 Å². The predicted octanol–water partition coefficient (Wildman–Crippen LogP) is 2.43. The van der Waals surface area contributed by atoms with Gasteiger partial charge in [-0.15, -0.1) is 0 Å². The maximum absolute atomic E-state index is 14.1. The molecule has 1 aromatic carbocycles. The molecule has 0 saturated carbocycles. The smallest absolute Gasteiger partial charge is 0.151 e. The minimum absolute atomic E-state index is 0.0942. The number of rotatable bonds is 5. The number of pyridine rings is 1. The first-order valence-electron chi connectivity index (χ1n) is 7.34. The number of nitrogens with zero attached hydrogens (tertiary/aromatic N) is 2. The van der Waals surface area contributed by atoms with Crippen molar-refractivity contribution in [2.24, 2.45) is 0 Å². The predicted molar refractivity (Wildman–Crippen MR) is 82.1 cm³/mol. The molecule has 1 N–H and O–H groups in total. The lowest BCUT2D eigenvalue weighted by molar-refractivity contribution is 0.0218. The zero-order valence-corrected chi connectivity index (χ0v) is 12.5. The van der Waals surface area contributed by atoms with Crippen LogP contribution in [0.2, 0.25) is 0 Å². The van der Waals surface area contributed by atoms with Gasteiger partial charge in [0.15, 0.2) is 5.82 Å². The summed E-state index contributed by atoms with van der Waals surface area (Å²) in [5.41, 5.74) is 2.91. The lowest BCUT2D eigenvalue weighted by atomic mass is 10.1. The first kappa shape index (κ1) is 14.9. The average molecular weight is 302 g/mol. The Balaban J connectivity index is 1.55. The Hall–Kier alpha value is -1.98. The van der Waals surface area contributed by atoms with Crippen LogP contribution in [0.15, 0.2) is 36.5 Å². The largest absolute Gasteiger partial charge is 0.392 e. The highest BCUT2D eigenvalue weighted by Crippen LogP contribution is 2.28. The molecule has 3 rings (SSSR count). The van der Waals surface area contributed by atoms with E-state index in [-0.39, 0.29) is 18.5 Å². The van der Waals surface area contributed by atoms with Gasteiger partial charge in [0.2, 0.25) is 0 Å². The van der Waals surface area contributed by atoms with Gasteiger partial charge in [-0.3, -0.25) is 4.98 Å². The molecule has 0 radical (unpaired) electrons. The summed E-state index contributed by atoms with van der Waals surface area (Å²) in [6, 6.07) is 8.99. The highest BCUT2D eigenvalue weighted by molar-refractivity contribution is 5.52. The Morgan fingerprint density at radius 1 is 1.27 bits per heavy atom. The van der Waals surface area contributed by atoms with Crippen molar-refractivity contribution in [1.29, 1.82) is 0 Å². The van der Waals surface area contributed by atoms with Gasteiger partial charge in [0.1, 0.15) is 0 Å². The number of aliphatic hydroxyl groups excluding tert-OH is 1. The van der Waals surface area contributed by atoms with E-state index in [1.807, 2.05) is 24.0 Å². The summed E-state index contributed by atoms with van der Waals surface area (Å²) in [4.78, 5) is 6.16. The Kier molecular flexibility index (Phi) is 4.36. The number of anilines is 1. The number of ether oxygens (including phenoxy) is 1. The molecule has 116 valence electrons. The molecular weight excluding hydrogens is 283 g/mol. The molecule has 0 bridgehead atoms. The third-order valence-corrected chi connectivity index (χ3v) is 4.01. The van der Waals surface area contributed by atoms with E-state index in [4.69, 9.17) is 9.84 Å². The lowest BCUT2D eigenvalue weighted by Crippen LogP contribution is -2.52. The Bertz CT molecular complexity index is 657. The van der Waals surface area contributed by atoms with Crippen molar-refractivity contribution in [2.45, 2.75) is 26.2 Å². The average Bonchev–Trinajstić information content (AvgIpc) is 2.49. The van der Waals surface area contributed by atoms with Crippen LogP contribution in [0.5, 0.6) is 0 Å². The second kappa shape index (κ2) is 6.42. The Morgan fingerprint density at radius 2 is 2.05 bits per heavy atom. The maximum atomic E-state index is 14.1. The van der Waals surface area contributed by atoms with Crippen LogP contribution < -0.4 is 4.90 Å². The molecule has 1 saturated heterocycles. The standard InChI is InChI=1S/C17H19FN2O2/c1-12-14(5-3-7-19-12)11-22-15-8-20(9-15)16-6-2-4-13(10-21)17(16)18/h2-7,15,21H,8-11H2,1H3. The topological polar surface area (TPSA) is 45.6 Å². The Morgan fingerprint density at radius 3 is 2.77 bits per heavy atom. The number of aliphatic hydroxyl groups is 1. The normalized spacial score (nSPS) is 15.0. The summed E-state index contributed by atoms with van der Waals surface area (Å²) in [6.07, 6.45) is 1.86. The molecule has 22 heavy (non-hydrogen) atoms. The molecule has 4 nitrogen and oxygen atoms in total. The van der Waals surface area contributed by atoms with Crippen molar-refractivity contribution in [3.63, 3.8) is 0 Å². The van der Waals surface area contributed by atoms with Crippen molar-refractivity contribution in [3.8, 4) is 0 Å². The molecule has 0 atom stereocenters. The summed E-state index contributed by atoms with van der Waals surface area (Å²) in [6.45, 7) is 3.52. The molecule has 2 heterocycles. The molecular formula is C17H19FN2O2. The fourth-order valence-corrected chi connectivity index (χ4v) is 2.55. The van der Waals surface area contributed by atoms with Crippen LogP contribution in [-0.2, 0) is 18.0 Å². The first-order chi connectivity index (χ1) is 10.7. The van der Waals surface area contributed by atoms with E-state index in [9.17, 15) is 4.39 Å². The van der Waals surface area contributed by atoms with Gasteiger partial charge in [0.25, 0.3) is 0 Å². The first-order valence-corrected chi connectivity index (χ1v) is 7.34. The molecule has 0 spiro atoms. The second-order valence-electron chi connectivity index (χ2n) is 5.49. The summed E-state index contributed by atoms with van der Waals surface area (Å²) >= 11 is 0. The van der Waals surface area contributed by atoms with Crippen molar-refractivity contribution in [3.05, 3.63) is 59.2 Å². The third-order valence-electron chi connectivity index (χ3n) is 4.01. The van der Waals surface area contributed by atoms with Crippen molar-refractivity contribution in [1.82, 2.24) is 4.98 Å². The maximum Gasteiger partial charge on any atom is 0.151 e.